The van der Waals surface area contributed by atoms with Gasteiger partial charge in [0.2, 0.25) is 0 Å². The van der Waals surface area contributed by atoms with Crippen molar-refractivity contribution < 1.29 is 14.3 Å². The fourth-order valence-electron chi connectivity index (χ4n) is 8.61. The molecule has 4 aliphatic rings. The monoisotopic (exact) mass is 362 g/mol. The van der Waals surface area contributed by atoms with E-state index in [-0.39, 0.29) is 11.6 Å². The number of carbonyl (C=O) groups is 1. The van der Waals surface area contributed by atoms with Crippen LogP contribution in [0, 0.1) is 34.0 Å². The predicted molar refractivity (Wildman–Crippen MR) is 103 cm³/mol. The molecule has 4 saturated carbocycles. The van der Waals surface area contributed by atoms with Gasteiger partial charge in [0.15, 0.2) is 0 Å². The molecule has 3 nitrogen and oxygen atoms in total. The third kappa shape index (κ3) is 2.52. The number of carbonyl (C=O) groups excluding carboxylic acids is 1. The van der Waals surface area contributed by atoms with Crippen LogP contribution in [-0.4, -0.2) is 25.3 Å². The summed E-state index contributed by atoms with van der Waals surface area (Å²) >= 11 is 0. The first-order chi connectivity index (χ1) is 12.2. The van der Waals surface area contributed by atoms with Crippen LogP contribution >= 0.6 is 0 Å². The zero-order valence-electron chi connectivity index (χ0n) is 17.5. The van der Waals surface area contributed by atoms with E-state index in [9.17, 15) is 4.79 Å². The Labute approximate surface area is 159 Å². The maximum Gasteiger partial charge on any atom is 0.302 e. The first-order valence-electron chi connectivity index (χ1n) is 10.9. The molecular weight excluding hydrogens is 324 g/mol. The van der Waals surface area contributed by atoms with Crippen molar-refractivity contribution in [3.63, 3.8) is 0 Å². The lowest BCUT2D eigenvalue weighted by atomic mass is 9.41. The lowest BCUT2D eigenvalue weighted by Gasteiger charge is -2.64. The lowest BCUT2D eigenvalue weighted by Crippen LogP contribution is -2.55. The van der Waals surface area contributed by atoms with Crippen LogP contribution in [0.4, 0.5) is 0 Å². The molecule has 1 spiro atoms. The van der Waals surface area contributed by atoms with Crippen molar-refractivity contribution in [3.05, 3.63) is 0 Å². The second kappa shape index (κ2) is 5.96. The Morgan fingerprint density at radius 3 is 2.50 bits per heavy atom. The fourth-order valence-corrected chi connectivity index (χ4v) is 8.61. The largest absolute Gasteiger partial charge is 0.463 e. The number of esters is 1. The Morgan fingerprint density at radius 2 is 1.81 bits per heavy atom. The third-order valence-corrected chi connectivity index (χ3v) is 9.52. The highest BCUT2D eigenvalue weighted by Crippen LogP contribution is 2.73. The van der Waals surface area contributed by atoms with Crippen molar-refractivity contribution in [3.8, 4) is 0 Å². The topological polar surface area (TPSA) is 35.5 Å². The van der Waals surface area contributed by atoms with E-state index in [1.54, 1.807) is 0 Å². The van der Waals surface area contributed by atoms with E-state index in [4.69, 9.17) is 9.47 Å². The summed E-state index contributed by atoms with van der Waals surface area (Å²) in [6.07, 6.45) is 11.9. The molecule has 3 heteroatoms. The van der Waals surface area contributed by atoms with E-state index in [0.717, 1.165) is 18.3 Å². The van der Waals surface area contributed by atoms with Gasteiger partial charge in [0, 0.05) is 14.0 Å². The Hall–Kier alpha value is -0.570. The summed E-state index contributed by atoms with van der Waals surface area (Å²) in [4.78, 5) is 11.5. The minimum Gasteiger partial charge on any atom is -0.463 e. The zero-order chi connectivity index (χ0) is 18.8. The molecule has 26 heavy (non-hydrogen) atoms. The number of fused-ring (bicyclic) bond motifs is 3. The van der Waals surface area contributed by atoms with Crippen LogP contribution in [0.25, 0.3) is 0 Å². The maximum atomic E-state index is 11.5. The molecule has 0 aromatic rings. The molecule has 4 aliphatic carbocycles. The molecule has 0 radical (unpaired) electrons. The molecule has 0 aromatic carbocycles. The van der Waals surface area contributed by atoms with Crippen LogP contribution in [-0.2, 0) is 14.3 Å². The lowest BCUT2D eigenvalue weighted by molar-refractivity contribution is -0.156. The standard InChI is InChI=1S/C23H38O3/c1-16(24)26-15-23(25-5)14-22-12-9-18-20(2,3)10-6-11-21(18,4)19(22)8-7-17(23)13-22/h17-19H,6-15H2,1-5H3/t17-,18+,19-,21+,22-,23+/m0/s1. The van der Waals surface area contributed by atoms with Crippen molar-refractivity contribution in [2.24, 2.45) is 34.0 Å². The second-order valence-corrected chi connectivity index (χ2v) is 11.1. The minimum atomic E-state index is -0.242. The minimum absolute atomic E-state index is 0.179. The van der Waals surface area contributed by atoms with Crippen LogP contribution in [0.2, 0.25) is 0 Å². The molecule has 0 aliphatic heterocycles. The van der Waals surface area contributed by atoms with Gasteiger partial charge < -0.3 is 9.47 Å². The molecule has 0 heterocycles. The Balaban J connectivity index is 1.65. The second-order valence-electron chi connectivity index (χ2n) is 11.1. The smallest absolute Gasteiger partial charge is 0.302 e. The Kier molecular flexibility index (Phi) is 4.31. The molecule has 0 N–H and O–H groups in total. The van der Waals surface area contributed by atoms with Gasteiger partial charge in [-0.25, -0.2) is 0 Å². The van der Waals surface area contributed by atoms with E-state index in [2.05, 4.69) is 20.8 Å². The highest BCUT2D eigenvalue weighted by atomic mass is 16.6. The van der Waals surface area contributed by atoms with Gasteiger partial charge in [0.25, 0.3) is 0 Å². The Bertz CT molecular complexity index is 584. The van der Waals surface area contributed by atoms with Crippen molar-refractivity contribution >= 4 is 5.97 Å². The molecule has 0 amide bonds. The average molecular weight is 363 g/mol. The van der Waals surface area contributed by atoms with Gasteiger partial charge in [0.1, 0.15) is 12.2 Å². The van der Waals surface area contributed by atoms with Gasteiger partial charge in [-0.2, -0.15) is 0 Å². The first kappa shape index (κ1) is 18.8. The summed E-state index contributed by atoms with van der Waals surface area (Å²) < 4.78 is 11.6. The molecule has 4 rings (SSSR count). The van der Waals surface area contributed by atoms with Crippen molar-refractivity contribution in [1.82, 2.24) is 0 Å². The number of methoxy groups -OCH3 is 1. The summed E-state index contributed by atoms with van der Waals surface area (Å²) in [6, 6.07) is 0. The van der Waals surface area contributed by atoms with Crippen molar-refractivity contribution in [2.45, 2.75) is 91.1 Å². The highest BCUT2D eigenvalue weighted by molar-refractivity contribution is 5.66. The third-order valence-electron chi connectivity index (χ3n) is 9.52. The quantitative estimate of drug-likeness (QED) is 0.633. The van der Waals surface area contributed by atoms with Crippen molar-refractivity contribution in [2.75, 3.05) is 13.7 Å². The summed E-state index contributed by atoms with van der Waals surface area (Å²) in [6.45, 7) is 9.63. The average Bonchev–Trinajstić information content (AvgIpc) is 2.79. The van der Waals surface area contributed by atoms with Gasteiger partial charge in [-0.3, -0.25) is 4.79 Å². The molecule has 2 bridgehead atoms. The van der Waals surface area contributed by atoms with Gasteiger partial charge in [-0.1, -0.05) is 27.2 Å². The molecule has 0 unspecified atom stereocenters. The zero-order valence-corrected chi connectivity index (χ0v) is 17.5. The van der Waals surface area contributed by atoms with E-state index in [1.807, 2.05) is 7.11 Å². The summed E-state index contributed by atoms with van der Waals surface area (Å²) in [5.74, 6) is 2.06. The number of hydrogen-bond donors (Lipinski definition) is 0. The van der Waals surface area contributed by atoms with Gasteiger partial charge in [-0.05, 0) is 85.4 Å². The van der Waals surface area contributed by atoms with Gasteiger partial charge >= 0.3 is 5.97 Å². The molecule has 6 atom stereocenters. The predicted octanol–water partition coefficient (Wildman–Crippen LogP) is 5.37. The molecule has 0 saturated heterocycles. The molecule has 0 aromatic heterocycles. The molecule has 4 fully saturated rings. The normalized spacial score (nSPS) is 49.2. The van der Waals surface area contributed by atoms with E-state index >= 15 is 0 Å². The number of ether oxygens (including phenoxy) is 2. The van der Waals surface area contributed by atoms with Gasteiger partial charge in [0.05, 0.1) is 0 Å². The summed E-state index contributed by atoms with van der Waals surface area (Å²) in [5.41, 5.74) is 1.14. The van der Waals surface area contributed by atoms with Crippen LogP contribution < -0.4 is 0 Å². The van der Waals surface area contributed by atoms with Crippen molar-refractivity contribution in [1.29, 1.82) is 0 Å². The fraction of sp³-hybridized carbons (Fsp3) is 0.957. The Morgan fingerprint density at radius 1 is 1.04 bits per heavy atom. The number of rotatable bonds is 3. The van der Waals surface area contributed by atoms with Gasteiger partial charge in [-0.15, -0.1) is 0 Å². The van der Waals surface area contributed by atoms with Crippen LogP contribution in [0.15, 0.2) is 0 Å². The SMILES string of the molecule is CO[C@@]1(COC(C)=O)C[C@@]23CC[C@@H]4C(C)(C)CCC[C@@]4(C)[C@@H]2CC[C@H]1C3. The van der Waals surface area contributed by atoms with Crippen LogP contribution in [0.5, 0.6) is 0 Å². The highest BCUT2D eigenvalue weighted by Gasteiger charge is 2.67. The number of hydrogen-bond acceptors (Lipinski definition) is 3. The molecular formula is C23H38O3. The molecule has 148 valence electrons. The van der Waals surface area contributed by atoms with E-state index in [0.29, 0.717) is 28.8 Å². The summed E-state index contributed by atoms with van der Waals surface area (Å²) in [5, 5.41) is 0. The maximum absolute atomic E-state index is 11.5. The first-order valence-corrected chi connectivity index (χ1v) is 10.9. The van der Waals surface area contributed by atoms with E-state index < -0.39 is 0 Å². The summed E-state index contributed by atoms with van der Waals surface area (Å²) in [7, 11) is 1.84. The van der Waals surface area contributed by atoms with Crippen LogP contribution in [0.1, 0.15) is 85.5 Å². The van der Waals surface area contributed by atoms with Crippen LogP contribution in [0.3, 0.4) is 0 Å². The van der Waals surface area contributed by atoms with E-state index in [1.165, 1.54) is 58.3 Å².